The highest BCUT2D eigenvalue weighted by Gasteiger charge is 2.47. The van der Waals surface area contributed by atoms with Crippen LogP contribution in [0.1, 0.15) is 48.6 Å². The summed E-state index contributed by atoms with van der Waals surface area (Å²) >= 11 is 0. The van der Waals surface area contributed by atoms with Gasteiger partial charge in [-0.05, 0) is 92.8 Å². The smallest absolute Gasteiger partial charge is 0.300 e. The van der Waals surface area contributed by atoms with E-state index in [1.165, 1.54) is 4.90 Å². The van der Waals surface area contributed by atoms with Gasteiger partial charge in [-0.25, -0.2) is 0 Å². The van der Waals surface area contributed by atoms with E-state index in [0.717, 1.165) is 54.1 Å². The molecule has 37 heavy (non-hydrogen) atoms. The van der Waals surface area contributed by atoms with Crippen LogP contribution < -0.4 is 14.5 Å². The number of ketones is 1. The van der Waals surface area contributed by atoms with Gasteiger partial charge in [0.2, 0.25) is 0 Å². The fourth-order valence-electron chi connectivity index (χ4n) is 5.36. The first-order valence-electron chi connectivity index (χ1n) is 12.9. The highest BCUT2D eigenvalue weighted by Crippen LogP contribution is 2.43. The van der Waals surface area contributed by atoms with Gasteiger partial charge in [0.15, 0.2) is 0 Å². The van der Waals surface area contributed by atoms with E-state index in [2.05, 4.69) is 18.7 Å². The molecule has 1 amide bonds. The molecule has 6 heteroatoms. The van der Waals surface area contributed by atoms with Gasteiger partial charge < -0.3 is 14.7 Å². The van der Waals surface area contributed by atoms with Crippen LogP contribution in [0.5, 0.6) is 5.75 Å². The van der Waals surface area contributed by atoms with Crippen LogP contribution in [0.15, 0.2) is 72.3 Å². The number of Topliss-reactive ketones (excluding diaryl/α,β-unsaturated/α-hetero) is 1. The summed E-state index contributed by atoms with van der Waals surface area (Å²) in [6, 6.07) is 20.1. The Bertz CT molecular complexity index is 1370. The second kappa shape index (κ2) is 10.1. The Kier molecular flexibility index (Phi) is 6.74. The van der Waals surface area contributed by atoms with Gasteiger partial charge in [-0.3, -0.25) is 14.5 Å². The Morgan fingerprint density at radius 3 is 2.46 bits per heavy atom. The molecule has 0 aliphatic carbocycles. The summed E-state index contributed by atoms with van der Waals surface area (Å²) in [7, 11) is 0. The number of ether oxygens (including phenoxy) is 1. The molecular formula is C31H32N2O4. The maximum Gasteiger partial charge on any atom is 0.300 e. The minimum absolute atomic E-state index is 0.101. The van der Waals surface area contributed by atoms with E-state index < -0.39 is 17.7 Å². The van der Waals surface area contributed by atoms with Crippen LogP contribution in [0.3, 0.4) is 0 Å². The summed E-state index contributed by atoms with van der Waals surface area (Å²) in [6.07, 6.45) is 1.74. The highest BCUT2D eigenvalue weighted by molar-refractivity contribution is 6.51. The number of anilines is 2. The zero-order valence-electron chi connectivity index (χ0n) is 21.5. The number of fused-ring (bicyclic) bond motifs is 1. The lowest BCUT2D eigenvalue weighted by Crippen LogP contribution is -2.30. The van der Waals surface area contributed by atoms with Crippen LogP contribution in [0, 0.1) is 6.92 Å². The molecule has 5 rings (SSSR count). The molecule has 0 aromatic heterocycles. The topological polar surface area (TPSA) is 70.1 Å². The predicted octanol–water partition coefficient (Wildman–Crippen LogP) is 5.79. The normalized spacial score (nSPS) is 18.5. The van der Waals surface area contributed by atoms with Crippen LogP contribution >= 0.6 is 0 Å². The zero-order chi connectivity index (χ0) is 26.1. The van der Waals surface area contributed by atoms with E-state index in [4.69, 9.17) is 4.74 Å². The molecule has 0 saturated carbocycles. The predicted molar refractivity (Wildman–Crippen MR) is 146 cm³/mol. The number of aliphatic hydroxyl groups is 1. The van der Waals surface area contributed by atoms with Gasteiger partial charge in [0.25, 0.3) is 11.7 Å². The van der Waals surface area contributed by atoms with Crippen molar-refractivity contribution in [2.24, 2.45) is 0 Å². The van der Waals surface area contributed by atoms with Crippen molar-refractivity contribution < 1.29 is 19.4 Å². The van der Waals surface area contributed by atoms with Crippen molar-refractivity contribution in [3.8, 4) is 5.75 Å². The van der Waals surface area contributed by atoms with Gasteiger partial charge in [0.1, 0.15) is 11.5 Å². The molecule has 1 N–H and O–H groups in total. The third-order valence-corrected chi connectivity index (χ3v) is 7.37. The minimum atomic E-state index is -0.743. The van der Waals surface area contributed by atoms with Gasteiger partial charge in [-0.1, -0.05) is 24.3 Å². The average Bonchev–Trinajstić information content (AvgIpc) is 3.19. The minimum Gasteiger partial charge on any atom is -0.507 e. The molecule has 1 saturated heterocycles. The molecular weight excluding hydrogens is 464 g/mol. The van der Waals surface area contributed by atoms with Gasteiger partial charge in [0.05, 0.1) is 18.2 Å². The molecule has 190 valence electrons. The molecule has 3 aromatic rings. The first-order chi connectivity index (χ1) is 17.9. The molecule has 6 nitrogen and oxygen atoms in total. The Hall–Kier alpha value is -4.06. The van der Waals surface area contributed by atoms with Crippen molar-refractivity contribution in [3.63, 3.8) is 0 Å². The number of carbonyl (C=O) groups excluding carboxylic acids is 2. The molecule has 1 unspecified atom stereocenters. The number of nitrogens with zero attached hydrogens (tertiary/aromatic N) is 2. The first-order valence-corrected chi connectivity index (χ1v) is 12.9. The molecule has 0 radical (unpaired) electrons. The third-order valence-electron chi connectivity index (χ3n) is 7.37. The molecule has 2 aliphatic heterocycles. The molecule has 3 aromatic carbocycles. The number of benzene rings is 3. The van der Waals surface area contributed by atoms with Crippen molar-refractivity contribution in [2.45, 2.75) is 39.7 Å². The van der Waals surface area contributed by atoms with Crippen molar-refractivity contribution in [1.82, 2.24) is 0 Å². The van der Waals surface area contributed by atoms with E-state index in [1.807, 2.05) is 67.6 Å². The quantitative estimate of drug-likeness (QED) is 0.266. The zero-order valence-corrected chi connectivity index (χ0v) is 21.5. The summed E-state index contributed by atoms with van der Waals surface area (Å²) in [4.78, 5) is 30.8. The van der Waals surface area contributed by atoms with Gasteiger partial charge in [0, 0.05) is 30.0 Å². The van der Waals surface area contributed by atoms with Crippen LogP contribution in [-0.4, -0.2) is 36.5 Å². The van der Waals surface area contributed by atoms with Gasteiger partial charge in [-0.15, -0.1) is 0 Å². The number of hydrogen-bond donors (Lipinski definition) is 1. The van der Waals surface area contributed by atoms with Crippen LogP contribution in [0.2, 0.25) is 0 Å². The molecule has 2 aliphatic rings. The van der Waals surface area contributed by atoms with E-state index in [9.17, 15) is 14.7 Å². The maximum absolute atomic E-state index is 13.5. The molecule has 1 atom stereocenters. The number of carbonyl (C=O) groups is 2. The standard InChI is InChI=1S/C31H32N2O4/c1-4-32(5-2)23-13-15-24(16-14-23)33-28(25-11-7-6-9-20(25)3)27(30(35)31(33)36)29(34)22-12-17-26-21(19-22)10-8-18-37-26/h6-7,9,11-17,19,28,34H,4-5,8,10,18H2,1-3H3/b29-27+. The van der Waals surface area contributed by atoms with Crippen LogP contribution in [0.25, 0.3) is 5.76 Å². The van der Waals surface area contributed by atoms with Crippen molar-refractivity contribution >= 4 is 28.8 Å². The first kappa shape index (κ1) is 24.6. The Labute approximate surface area is 217 Å². The van der Waals surface area contributed by atoms with Crippen molar-refractivity contribution in [2.75, 3.05) is 29.5 Å². The highest BCUT2D eigenvalue weighted by atomic mass is 16.5. The number of hydrogen-bond acceptors (Lipinski definition) is 5. The Balaban J connectivity index is 1.65. The van der Waals surface area contributed by atoms with E-state index in [-0.39, 0.29) is 11.3 Å². The number of aryl methyl sites for hydroxylation is 2. The third kappa shape index (κ3) is 4.37. The van der Waals surface area contributed by atoms with E-state index in [0.29, 0.717) is 17.9 Å². The lowest BCUT2D eigenvalue weighted by atomic mass is 9.91. The summed E-state index contributed by atoms with van der Waals surface area (Å²) < 4.78 is 5.72. The molecule has 0 bridgehead atoms. The largest absolute Gasteiger partial charge is 0.507 e. The summed E-state index contributed by atoms with van der Waals surface area (Å²) in [6.45, 7) is 8.56. The van der Waals surface area contributed by atoms with Crippen LogP contribution in [0.4, 0.5) is 11.4 Å². The Morgan fingerprint density at radius 1 is 1.03 bits per heavy atom. The summed E-state index contributed by atoms with van der Waals surface area (Å²) in [5.41, 5.74) is 5.00. The molecule has 2 heterocycles. The fourth-order valence-corrected chi connectivity index (χ4v) is 5.36. The number of rotatable bonds is 6. The second-order valence-corrected chi connectivity index (χ2v) is 9.49. The SMILES string of the molecule is CCN(CC)c1ccc(N2C(=O)C(=O)/C(=C(/O)c3ccc4c(c3)CCCO4)C2c2ccccc2C)cc1. The maximum atomic E-state index is 13.5. The van der Waals surface area contributed by atoms with Gasteiger partial charge in [-0.2, -0.15) is 0 Å². The van der Waals surface area contributed by atoms with Crippen molar-refractivity contribution in [1.29, 1.82) is 0 Å². The molecule has 1 fully saturated rings. The summed E-state index contributed by atoms with van der Waals surface area (Å²) in [5, 5.41) is 11.5. The Morgan fingerprint density at radius 2 is 1.76 bits per heavy atom. The van der Waals surface area contributed by atoms with E-state index in [1.54, 1.807) is 6.07 Å². The lowest BCUT2D eigenvalue weighted by molar-refractivity contribution is -0.132. The number of amides is 1. The molecule has 0 spiro atoms. The fraction of sp³-hybridized carbons (Fsp3) is 0.290. The summed E-state index contributed by atoms with van der Waals surface area (Å²) in [5.74, 6) is -0.700. The van der Waals surface area contributed by atoms with Crippen LogP contribution in [-0.2, 0) is 16.0 Å². The monoisotopic (exact) mass is 496 g/mol. The van der Waals surface area contributed by atoms with Crippen molar-refractivity contribution in [3.05, 3.63) is 94.6 Å². The lowest BCUT2D eigenvalue weighted by Gasteiger charge is -2.28. The van der Waals surface area contributed by atoms with E-state index >= 15 is 0 Å². The second-order valence-electron chi connectivity index (χ2n) is 9.49. The van der Waals surface area contributed by atoms with Gasteiger partial charge >= 0.3 is 0 Å². The number of aliphatic hydroxyl groups excluding tert-OH is 1. The average molecular weight is 497 g/mol.